The third-order valence-corrected chi connectivity index (χ3v) is 4.54. The van der Waals surface area contributed by atoms with Crippen molar-refractivity contribution in [2.75, 3.05) is 0 Å². The molecule has 136 valence electrons. The second kappa shape index (κ2) is 6.54. The molecule has 0 atom stereocenters. The molecule has 0 radical (unpaired) electrons. The highest BCUT2D eigenvalue weighted by atomic mass is 32.2. The Labute approximate surface area is 147 Å². The van der Waals surface area contributed by atoms with Gasteiger partial charge in [-0.15, -0.1) is 0 Å². The summed E-state index contributed by atoms with van der Waals surface area (Å²) < 4.78 is 64.2. The summed E-state index contributed by atoms with van der Waals surface area (Å²) >= 11 is 0. The predicted octanol–water partition coefficient (Wildman–Crippen LogP) is 2.97. The van der Waals surface area contributed by atoms with Crippen molar-refractivity contribution in [3.05, 3.63) is 59.8 Å². The van der Waals surface area contributed by atoms with Gasteiger partial charge in [0.15, 0.2) is 0 Å². The van der Waals surface area contributed by atoms with E-state index >= 15 is 0 Å². The number of hydrogen-bond acceptors (Lipinski definition) is 4. The molecule has 10 heteroatoms. The summed E-state index contributed by atoms with van der Waals surface area (Å²) in [7, 11) is -4.24. The van der Waals surface area contributed by atoms with Crippen molar-refractivity contribution in [3.8, 4) is 16.9 Å². The van der Waals surface area contributed by atoms with Crippen LogP contribution in [0.15, 0.2) is 47.6 Å². The fraction of sp³-hybridized carbons (Fsp3) is 0.125. The number of nitrogens with zero attached hydrogens (tertiary/aromatic N) is 3. The molecule has 0 aliphatic rings. The van der Waals surface area contributed by atoms with Crippen LogP contribution < -0.4 is 5.14 Å². The van der Waals surface area contributed by atoms with Crippen LogP contribution in [0.5, 0.6) is 0 Å². The van der Waals surface area contributed by atoms with E-state index in [0.29, 0.717) is 5.69 Å². The molecule has 0 fully saturated rings. The summed E-state index contributed by atoms with van der Waals surface area (Å²) in [4.78, 5) is 3.31. The smallest absolute Gasteiger partial charge is 0.262 e. The number of hydrogen-bond donors (Lipinski definition) is 1. The summed E-state index contributed by atoms with van der Waals surface area (Å²) in [5, 5.41) is 8.79. The molecule has 0 aliphatic heterocycles. The van der Waals surface area contributed by atoms with Crippen LogP contribution in [-0.2, 0) is 10.0 Å². The van der Waals surface area contributed by atoms with Crippen molar-refractivity contribution in [2.45, 2.75) is 18.2 Å². The Kier molecular flexibility index (Phi) is 4.55. The van der Waals surface area contributed by atoms with Crippen molar-refractivity contribution in [1.82, 2.24) is 14.8 Å². The van der Waals surface area contributed by atoms with Crippen molar-refractivity contribution in [1.29, 1.82) is 0 Å². The first-order valence-electron chi connectivity index (χ1n) is 7.29. The topological polar surface area (TPSA) is 90.9 Å². The zero-order valence-electron chi connectivity index (χ0n) is 13.4. The normalized spacial score (nSPS) is 11.9. The van der Waals surface area contributed by atoms with Crippen LogP contribution in [0, 0.1) is 12.7 Å². The summed E-state index contributed by atoms with van der Waals surface area (Å²) in [6, 6.07) is 5.95. The third kappa shape index (κ3) is 3.46. The van der Waals surface area contributed by atoms with E-state index in [-0.39, 0.29) is 11.3 Å². The number of benzene rings is 1. The highest BCUT2D eigenvalue weighted by Crippen LogP contribution is 2.30. The lowest BCUT2D eigenvalue weighted by atomic mass is 10.1. The Balaban J connectivity index is 2.20. The van der Waals surface area contributed by atoms with Crippen LogP contribution in [0.25, 0.3) is 16.9 Å². The van der Waals surface area contributed by atoms with Crippen LogP contribution in [0.2, 0.25) is 0 Å². The number of alkyl halides is 2. The first kappa shape index (κ1) is 18.1. The van der Waals surface area contributed by atoms with E-state index in [4.69, 9.17) is 5.14 Å². The fourth-order valence-electron chi connectivity index (χ4n) is 2.45. The van der Waals surface area contributed by atoms with Crippen LogP contribution in [0.4, 0.5) is 13.2 Å². The maximum Gasteiger partial charge on any atom is 0.282 e. The molecular weight excluding hydrogens is 369 g/mol. The molecule has 0 amide bonds. The SMILES string of the molecule is Cc1cncc(-n2nc(C(F)F)cc2-c2ccc(S(N)(=O)=O)c(F)c2)c1. The van der Waals surface area contributed by atoms with Gasteiger partial charge in [0.2, 0.25) is 10.0 Å². The van der Waals surface area contributed by atoms with E-state index in [1.54, 1.807) is 19.2 Å². The summed E-state index contributed by atoms with van der Waals surface area (Å²) in [5.74, 6) is -1.08. The fourth-order valence-corrected chi connectivity index (χ4v) is 3.04. The Morgan fingerprint density at radius 1 is 1.15 bits per heavy atom. The number of halogens is 3. The molecule has 2 N–H and O–H groups in total. The van der Waals surface area contributed by atoms with Gasteiger partial charge in [0, 0.05) is 11.8 Å². The zero-order valence-corrected chi connectivity index (χ0v) is 14.2. The highest BCUT2D eigenvalue weighted by Gasteiger charge is 2.20. The molecule has 26 heavy (non-hydrogen) atoms. The molecular formula is C16H13F3N4O2S. The number of nitrogens with two attached hydrogens (primary N) is 1. The van der Waals surface area contributed by atoms with E-state index in [9.17, 15) is 21.6 Å². The molecule has 2 aromatic heterocycles. The zero-order chi connectivity index (χ0) is 19.1. The molecule has 6 nitrogen and oxygen atoms in total. The lowest BCUT2D eigenvalue weighted by Crippen LogP contribution is -2.14. The lowest BCUT2D eigenvalue weighted by Gasteiger charge is -2.09. The highest BCUT2D eigenvalue weighted by molar-refractivity contribution is 7.89. The number of aryl methyl sites for hydroxylation is 1. The van der Waals surface area contributed by atoms with Gasteiger partial charge in [-0.05, 0) is 36.8 Å². The summed E-state index contributed by atoms with van der Waals surface area (Å²) in [6.07, 6.45) is 0.177. The van der Waals surface area contributed by atoms with Gasteiger partial charge >= 0.3 is 0 Å². The van der Waals surface area contributed by atoms with E-state index < -0.39 is 32.9 Å². The first-order chi connectivity index (χ1) is 12.2. The van der Waals surface area contributed by atoms with Crippen molar-refractivity contribution in [3.63, 3.8) is 0 Å². The Hall–Kier alpha value is -2.72. The van der Waals surface area contributed by atoms with Gasteiger partial charge in [-0.25, -0.2) is 31.4 Å². The minimum absolute atomic E-state index is 0.160. The Morgan fingerprint density at radius 3 is 2.46 bits per heavy atom. The number of sulfonamides is 1. The number of primary sulfonamides is 1. The molecule has 0 unspecified atom stereocenters. The Bertz CT molecular complexity index is 1080. The largest absolute Gasteiger partial charge is 0.282 e. The number of rotatable bonds is 4. The summed E-state index contributed by atoms with van der Waals surface area (Å²) in [5.41, 5.74) is 1.00. The molecule has 0 spiro atoms. The van der Waals surface area contributed by atoms with Crippen molar-refractivity contribution >= 4 is 10.0 Å². The van der Waals surface area contributed by atoms with Gasteiger partial charge in [-0.2, -0.15) is 5.10 Å². The van der Waals surface area contributed by atoms with Gasteiger partial charge in [0.05, 0.1) is 17.6 Å². The van der Waals surface area contributed by atoms with Crippen LogP contribution in [0.3, 0.4) is 0 Å². The summed E-state index contributed by atoms with van der Waals surface area (Å²) in [6.45, 7) is 1.77. The van der Waals surface area contributed by atoms with E-state index in [0.717, 1.165) is 23.8 Å². The average Bonchev–Trinajstić information content (AvgIpc) is 2.99. The average molecular weight is 382 g/mol. The van der Waals surface area contributed by atoms with Gasteiger partial charge in [0.25, 0.3) is 6.43 Å². The molecule has 2 heterocycles. The van der Waals surface area contributed by atoms with Crippen molar-refractivity contribution < 1.29 is 21.6 Å². The van der Waals surface area contributed by atoms with Gasteiger partial charge in [0.1, 0.15) is 16.4 Å². The minimum Gasteiger partial charge on any atom is -0.262 e. The van der Waals surface area contributed by atoms with Crippen molar-refractivity contribution in [2.24, 2.45) is 5.14 Å². The molecule has 3 aromatic rings. The van der Waals surface area contributed by atoms with Crippen LogP contribution in [-0.4, -0.2) is 23.2 Å². The van der Waals surface area contributed by atoms with Crippen LogP contribution in [0.1, 0.15) is 17.7 Å². The maximum atomic E-state index is 14.1. The number of aromatic nitrogens is 3. The standard InChI is InChI=1S/C16H13F3N4O2S/c1-9-4-11(8-21-7-9)23-14(6-13(22-23)16(18)19)10-2-3-15(12(17)5-10)26(20,24)25/h2-8,16H,1H3,(H2,20,24,25). The first-order valence-corrected chi connectivity index (χ1v) is 8.84. The van der Waals surface area contributed by atoms with Gasteiger partial charge in [-0.3, -0.25) is 4.98 Å². The minimum atomic E-state index is -4.24. The molecule has 0 saturated carbocycles. The Morgan fingerprint density at radius 2 is 1.88 bits per heavy atom. The second-order valence-electron chi connectivity index (χ2n) is 5.58. The second-order valence-corrected chi connectivity index (χ2v) is 7.11. The monoisotopic (exact) mass is 382 g/mol. The van der Waals surface area contributed by atoms with Gasteiger partial charge < -0.3 is 0 Å². The van der Waals surface area contributed by atoms with Gasteiger partial charge in [-0.1, -0.05) is 6.07 Å². The molecule has 0 bridgehead atoms. The number of pyridine rings is 1. The van der Waals surface area contributed by atoms with E-state index in [1.807, 2.05) is 0 Å². The quantitative estimate of drug-likeness (QED) is 0.751. The van der Waals surface area contributed by atoms with E-state index in [1.165, 1.54) is 16.9 Å². The molecule has 0 saturated heterocycles. The van der Waals surface area contributed by atoms with E-state index in [2.05, 4.69) is 10.1 Å². The molecule has 1 aromatic carbocycles. The maximum absolute atomic E-state index is 14.1. The van der Waals surface area contributed by atoms with Crippen LogP contribution >= 0.6 is 0 Å². The third-order valence-electron chi connectivity index (χ3n) is 3.59. The molecule has 3 rings (SSSR count). The molecule has 0 aliphatic carbocycles. The lowest BCUT2D eigenvalue weighted by molar-refractivity contribution is 0.145. The predicted molar refractivity (Wildman–Crippen MR) is 87.8 cm³/mol.